The van der Waals surface area contributed by atoms with Gasteiger partial charge in [-0.05, 0) is 62.3 Å². The minimum Gasteiger partial charge on any atom is -0.336 e. The highest BCUT2D eigenvalue weighted by atomic mass is 19.4. The molecule has 178 valence electrons. The van der Waals surface area contributed by atoms with Crippen molar-refractivity contribution in [2.45, 2.75) is 19.0 Å². The Balaban J connectivity index is 1.54. The van der Waals surface area contributed by atoms with Crippen LogP contribution in [0.5, 0.6) is 0 Å². The molecule has 0 radical (unpaired) electrons. The highest BCUT2D eigenvalue weighted by molar-refractivity contribution is 5.90. The van der Waals surface area contributed by atoms with Gasteiger partial charge in [-0.15, -0.1) is 0 Å². The maximum atomic E-state index is 12.8. The number of hydrogen-bond acceptors (Lipinski definition) is 3. The number of amides is 4. The number of nitrogens with zero attached hydrogens (tertiary/aromatic N) is 2. The van der Waals surface area contributed by atoms with Crippen molar-refractivity contribution >= 4 is 23.4 Å². The molecule has 7 nitrogen and oxygen atoms in total. The van der Waals surface area contributed by atoms with Gasteiger partial charge in [-0.1, -0.05) is 18.2 Å². The number of urea groups is 2. The smallest absolute Gasteiger partial charge is 0.336 e. The van der Waals surface area contributed by atoms with Crippen molar-refractivity contribution < 1.29 is 22.8 Å². The average molecular weight is 464 g/mol. The van der Waals surface area contributed by atoms with Crippen LogP contribution >= 0.6 is 0 Å². The first-order chi connectivity index (χ1) is 15.8. The minimum absolute atomic E-state index is 0.221. The molecule has 2 aromatic carbocycles. The van der Waals surface area contributed by atoms with Gasteiger partial charge >= 0.3 is 18.2 Å². The molecule has 1 saturated heterocycles. The fourth-order valence-corrected chi connectivity index (χ4v) is 3.53. The van der Waals surface area contributed by atoms with Crippen LogP contribution in [0.1, 0.15) is 18.4 Å². The van der Waals surface area contributed by atoms with Gasteiger partial charge in [-0.25, -0.2) is 9.59 Å². The summed E-state index contributed by atoms with van der Waals surface area (Å²) in [6.45, 7) is 3.56. The van der Waals surface area contributed by atoms with E-state index in [0.29, 0.717) is 18.8 Å². The van der Waals surface area contributed by atoms with E-state index in [9.17, 15) is 22.8 Å². The lowest BCUT2D eigenvalue weighted by Crippen LogP contribution is -2.44. The molecule has 3 N–H and O–H groups in total. The van der Waals surface area contributed by atoms with Gasteiger partial charge in [0.05, 0.1) is 5.56 Å². The van der Waals surface area contributed by atoms with Crippen LogP contribution in [0.3, 0.4) is 0 Å². The van der Waals surface area contributed by atoms with Crippen molar-refractivity contribution in [3.05, 3.63) is 60.2 Å². The van der Waals surface area contributed by atoms with Crippen LogP contribution in [0.15, 0.2) is 54.6 Å². The Morgan fingerprint density at radius 1 is 0.879 bits per heavy atom. The number of likely N-dealkylation sites (tertiary alicyclic amines) is 1. The van der Waals surface area contributed by atoms with Gasteiger partial charge in [-0.3, -0.25) is 0 Å². The number of anilines is 2. The van der Waals surface area contributed by atoms with E-state index in [1.807, 2.05) is 6.07 Å². The molecule has 1 aliphatic rings. The summed E-state index contributed by atoms with van der Waals surface area (Å²) in [4.78, 5) is 28.7. The van der Waals surface area contributed by atoms with E-state index in [2.05, 4.69) is 20.9 Å². The summed E-state index contributed by atoms with van der Waals surface area (Å²) in [5.41, 5.74) is 0.148. The van der Waals surface area contributed by atoms with Crippen molar-refractivity contribution in [3.63, 3.8) is 0 Å². The normalized spacial score (nSPS) is 14.0. The third-order valence-corrected chi connectivity index (χ3v) is 5.33. The zero-order valence-electron chi connectivity index (χ0n) is 18.2. The van der Waals surface area contributed by atoms with Crippen LogP contribution in [0.2, 0.25) is 0 Å². The average Bonchev–Trinajstić information content (AvgIpc) is 3.30. The second-order valence-electron chi connectivity index (χ2n) is 7.79. The van der Waals surface area contributed by atoms with E-state index < -0.39 is 17.8 Å². The Labute approximate surface area is 190 Å². The number of rotatable bonds is 8. The molecule has 0 unspecified atom stereocenters. The molecule has 33 heavy (non-hydrogen) atoms. The van der Waals surface area contributed by atoms with E-state index in [0.717, 1.165) is 38.1 Å². The Hall–Kier alpha value is -3.27. The molecular weight excluding hydrogens is 435 g/mol. The van der Waals surface area contributed by atoms with Crippen LogP contribution in [0.4, 0.5) is 34.1 Å². The molecule has 0 aromatic heterocycles. The fraction of sp³-hybridized carbons (Fsp3) is 0.391. The topological polar surface area (TPSA) is 76.7 Å². The van der Waals surface area contributed by atoms with Gasteiger partial charge in [0.2, 0.25) is 0 Å². The molecule has 3 rings (SSSR count). The molecule has 0 saturated carbocycles. The standard InChI is InChI=1S/C23H28F3N5O2/c24-23(25,26)18-8-10-20(11-9-18)29-22(33)31(17-16-30-13-4-5-14-30)15-12-27-21(32)28-19-6-2-1-3-7-19/h1-3,6-11H,4-5,12-17H2,(H,29,33)(H2,27,28,32). The molecule has 1 aliphatic heterocycles. The predicted molar refractivity (Wildman–Crippen MR) is 121 cm³/mol. The second kappa shape index (κ2) is 11.6. The number of carbonyl (C=O) groups excluding carboxylic acids is 2. The molecule has 4 amide bonds. The van der Waals surface area contributed by atoms with Crippen LogP contribution in [-0.4, -0.2) is 61.1 Å². The number of carbonyl (C=O) groups is 2. The van der Waals surface area contributed by atoms with Gasteiger partial charge in [0.15, 0.2) is 0 Å². The van der Waals surface area contributed by atoms with Crippen molar-refractivity contribution in [2.75, 3.05) is 49.9 Å². The lowest BCUT2D eigenvalue weighted by atomic mass is 10.2. The quantitative estimate of drug-likeness (QED) is 0.541. The lowest BCUT2D eigenvalue weighted by molar-refractivity contribution is -0.137. The van der Waals surface area contributed by atoms with E-state index >= 15 is 0 Å². The highest BCUT2D eigenvalue weighted by Crippen LogP contribution is 2.29. The maximum Gasteiger partial charge on any atom is 0.416 e. The zero-order valence-corrected chi connectivity index (χ0v) is 18.2. The summed E-state index contributed by atoms with van der Waals surface area (Å²) < 4.78 is 38.3. The highest BCUT2D eigenvalue weighted by Gasteiger charge is 2.30. The molecule has 1 heterocycles. The van der Waals surface area contributed by atoms with E-state index in [-0.39, 0.29) is 24.8 Å². The molecule has 0 aliphatic carbocycles. The predicted octanol–water partition coefficient (Wildman–Crippen LogP) is 4.46. The Morgan fingerprint density at radius 3 is 2.15 bits per heavy atom. The number of halogens is 3. The molecule has 0 atom stereocenters. The number of para-hydroxylation sites is 1. The first-order valence-corrected chi connectivity index (χ1v) is 10.9. The molecular formula is C23H28F3N5O2. The monoisotopic (exact) mass is 463 g/mol. The number of alkyl halides is 3. The molecule has 0 bridgehead atoms. The second-order valence-corrected chi connectivity index (χ2v) is 7.79. The van der Waals surface area contributed by atoms with Crippen LogP contribution in [0.25, 0.3) is 0 Å². The Kier molecular flexibility index (Phi) is 8.53. The summed E-state index contributed by atoms with van der Waals surface area (Å²) in [5.74, 6) is 0. The van der Waals surface area contributed by atoms with Crippen molar-refractivity contribution in [1.82, 2.24) is 15.1 Å². The van der Waals surface area contributed by atoms with E-state index in [1.165, 1.54) is 12.1 Å². The van der Waals surface area contributed by atoms with Gasteiger partial charge in [0, 0.05) is 37.6 Å². The van der Waals surface area contributed by atoms with Gasteiger partial charge in [0.1, 0.15) is 0 Å². The van der Waals surface area contributed by atoms with E-state index in [1.54, 1.807) is 29.2 Å². The Bertz CT molecular complexity index is 901. The number of benzene rings is 2. The van der Waals surface area contributed by atoms with Gasteiger partial charge in [0.25, 0.3) is 0 Å². The summed E-state index contributed by atoms with van der Waals surface area (Å²) in [6.07, 6.45) is -2.19. The van der Waals surface area contributed by atoms with Gasteiger partial charge in [-0.2, -0.15) is 13.2 Å². The SMILES string of the molecule is O=C(NCCN(CCN1CCCC1)C(=O)Nc1ccc(C(F)(F)F)cc1)Nc1ccccc1. The Morgan fingerprint density at radius 2 is 1.52 bits per heavy atom. The minimum atomic E-state index is -4.43. The number of nitrogens with one attached hydrogen (secondary N) is 3. The zero-order chi connectivity index (χ0) is 23.7. The fourth-order valence-electron chi connectivity index (χ4n) is 3.53. The molecule has 1 fully saturated rings. The van der Waals surface area contributed by atoms with Crippen molar-refractivity contribution in [2.24, 2.45) is 0 Å². The van der Waals surface area contributed by atoms with Crippen LogP contribution < -0.4 is 16.0 Å². The first kappa shape index (κ1) is 24.4. The largest absolute Gasteiger partial charge is 0.416 e. The summed E-state index contributed by atoms with van der Waals surface area (Å²) >= 11 is 0. The van der Waals surface area contributed by atoms with E-state index in [4.69, 9.17) is 0 Å². The van der Waals surface area contributed by atoms with Crippen molar-refractivity contribution in [3.8, 4) is 0 Å². The summed E-state index contributed by atoms with van der Waals surface area (Å²) in [7, 11) is 0. The summed E-state index contributed by atoms with van der Waals surface area (Å²) in [6, 6.07) is 12.5. The number of hydrogen-bond donors (Lipinski definition) is 3. The third-order valence-electron chi connectivity index (χ3n) is 5.33. The van der Waals surface area contributed by atoms with Crippen LogP contribution in [0, 0.1) is 0 Å². The van der Waals surface area contributed by atoms with Crippen molar-refractivity contribution in [1.29, 1.82) is 0 Å². The molecule has 0 spiro atoms. The van der Waals surface area contributed by atoms with Gasteiger partial charge < -0.3 is 25.8 Å². The maximum absolute atomic E-state index is 12.8. The van der Waals surface area contributed by atoms with Crippen LogP contribution in [-0.2, 0) is 6.18 Å². The summed E-state index contributed by atoms with van der Waals surface area (Å²) in [5, 5.41) is 8.08. The first-order valence-electron chi connectivity index (χ1n) is 10.9. The molecule has 2 aromatic rings. The third kappa shape index (κ3) is 7.98. The molecule has 10 heteroatoms. The lowest BCUT2D eigenvalue weighted by Gasteiger charge is -2.26.